The average molecular weight is 133 g/mol. The molecular formula is C4H5ClN2O. The van der Waals surface area contributed by atoms with Crippen LogP contribution in [0.25, 0.3) is 0 Å². The fourth-order valence-electron chi connectivity index (χ4n) is 0.253. The van der Waals surface area contributed by atoms with Crippen molar-refractivity contribution in [1.82, 2.24) is 9.97 Å². The number of rotatable bonds is 0. The zero-order valence-corrected chi connectivity index (χ0v) is 4.78. The van der Waals surface area contributed by atoms with Crippen LogP contribution >= 0.6 is 11.9 Å². The van der Waals surface area contributed by atoms with Crippen LogP contribution < -0.4 is 0 Å². The number of aromatic nitrogens is 2. The molecule has 0 spiro atoms. The Morgan fingerprint density at radius 2 is 1.12 bits per heavy atom. The Labute approximate surface area is 52.1 Å². The van der Waals surface area contributed by atoms with Gasteiger partial charge >= 0.3 is 0 Å². The van der Waals surface area contributed by atoms with E-state index in [1.165, 1.54) is 0 Å². The van der Waals surface area contributed by atoms with Crippen molar-refractivity contribution in [3.05, 3.63) is 24.8 Å². The summed E-state index contributed by atoms with van der Waals surface area (Å²) in [6.07, 6.45) is 6.56. The molecule has 0 bridgehead atoms. The van der Waals surface area contributed by atoms with Crippen molar-refractivity contribution in [3.63, 3.8) is 0 Å². The van der Waals surface area contributed by atoms with E-state index in [1.54, 1.807) is 24.8 Å². The molecule has 1 aromatic heterocycles. The van der Waals surface area contributed by atoms with Gasteiger partial charge in [-0.25, -0.2) is 0 Å². The molecular weight excluding hydrogens is 128 g/mol. The summed E-state index contributed by atoms with van der Waals surface area (Å²) in [4.78, 5) is 7.44. The van der Waals surface area contributed by atoms with Crippen LogP contribution in [0.4, 0.5) is 0 Å². The molecule has 0 fully saturated rings. The predicted molar refractivity (Wildman–Crippen MR) is 30.1 cm³/mol. The van der Waals surface area contributed by atoms with Crippen molar-refractivity contribution in [2.45, 2.75) is 0 Å². The van der Waals surface area contributed by atoms with Crippen molar-refractivity contribution in [3.8, 4) is 0 Å². The van der Waals surface area contributed by atoms with Gasteiger partial charge in [-0.3, -0.25) is 14.6 Å². The van der Waals surface area contributed by atoms with Gasteiger partial charge in [0.15, 0.2) is 0 Å². The van der Waals surface area contributed by atoms with Crippen molar-refractivity contribution >= 4 is 11.9 Å². The zero-order valence-electron chi connectivity index (χ0n) is 4.03. The van der Waals surface area contributed by atoms with E-state index in [1.807, 2.05) is 0 Å². The van der Waals surface area contributed by atoms with E-state index in [2.05, 4.69) is 21.8 Å². The Balaban J connectivity index is 0.000000222. The molecule has 0 amide bonds. The lowest BCUT2D eigenvalue weighted by Crippen LogP contribution is -1.66. The summed E-state index contributed by atoms with van der Waals surface area (Å²) in [5, 5.41) is 0. The lowest BCUT2D eigenvalue weighted by Gasteiger charge is -1.70. The van der Waals surface area contributed by atoms with Crippen LogP contribution in [-0.2, 0) is 0 Å². The summed E-state index contributed by atoms with van der Waals surface area (Å²) in [5.41, 5.74) is 0. The maximum absolute atomic E-state index is 6.47. The molecule has 1 rings (SSSR count). The summed E-state index contributed by atoms with van der Waals surface area (Å²) in [7, 11) is 0. The Kier molecular flexibility index (Phi) is 5.80. The van der Waals surface area contributed by atoms with Crippen molar-refractivity contribution in [2.75, 3.05) is 0 Å². The monoisotopic (exact) mass is 132 g/mol. The Morgan fingerprint density at radius 1 is 0.875 bits per heavy atom. The van der Waals surface area contributed by atoms with Crippen LogP contribution in [0.3, 0.4) is 0 Å². The first-order valence-electron chi connectivity index (χ1n) is 1.87. The first-order chi connectivity index (χ1) is 4.00. The van der Waals surface area contributed by atoms with Gasteiger partial charge < -0.3 is 0 Å². The van der Waals surface area contributed by atoms with Crippen LogP contribution in [-0.4, -0.2) is 14.6 Å². The van der Waals surface area contributed by atoms with E-state index < -0.39 is 0 Å². The quantitative estimate of drug-likeness (QED) is 0.563. The zero-order chi connectivity index (χ0) is 6.24. The summed E-state index contributed by atoms with van der Waals surface area (Å²) in [6.45, 7) is 0. The van der Waals surface area contributed by atoms with Gasteiger partial charge in [-0.05, 0) is 0 Å². The van der Waals surface area contributed by atoms with Gasteiger partial charge in [0.25, 0.3) is 0 Å². The lowest BCUT2D eigenvalue weighted by molar-refractivity contribution is 0.632. The smallest absolute Gasteiger partial charge is 0.0579 e. The molecule has 44 valence electrons. The molecule has 0 atom stereocenters. The van der Waals surface area contributed by atoms with Gasteiger partial charge in [0.1, 0.15) is 0 Å². The highest BCUT2D eigenvalue weighted by molar-refractivity contribution is 6.04. The molecule has 0 aliphatic heterocycles. The largest absolute Gasteiger partial charge is 0.295 e. The maximum atomic E-state index is 6.47. The van der Waals surface area contributed by atoms with Crippen LogP contribution in [0, 0.1) is 0 Å². The Bertz CT molecular complexity index is 86.0. The normalized spacial score (nSPS) is 6.75. The molecule has 0 aliphatic rings. The highest BCUT2D eigenvalue weighted by Crippen LogP contribution is 1.65. The fraction of sp³-hybridized carbons (Fsp3) is 0. The molecule has 0 saturated heterocycles. The van der Waals surface area contributed by atoms with Crippen LogP contribution in [0.5, 0.6) is 0 Å². The van der Waals surface area contributed by atoms with Gasteiger partial charge in [-0.15, -0.1) is 0 Å². The molecule has 0 aromatic carbocycles. The molecule has 0 aliphatic carbocycles. The number of halogens is 1. The van der Waals surface area contributed by atoms with Gasteiger partial charge in [0.2, 0.25) is 0 Å². The van der Waals surface area contributed by atoms with Gasteiger partial charge in [-0.2, -0.15) is 0 Å². The SMILES string of the molecule is OCl.c1cnccn1. The van der Waals surface area contributed by atoms with E-state index in [0.717, 1.165) is 0 Å². The van der Waals surface area contributed by atoms with Crippen LogP contribution in [0.1, 0.15) is 0 Å². The second-order valence-electron chi connectivity index (χ2n) is 0.894. The summed E-state index contributed by atoms with van der Waals surface area (Å²) >= 11 is 3.64. The third-order valence-corrected chi connectivity index (χ3v) is 0.478. The first-order valence-corrected chi connectivity index (χ1v) is 2.21. The molecule has 0 radical (unpaired) electrons. The molecule has 0 unspecified atom stereocenters. The topological polar surface area (TPSA) is 46.0 Å². The predicted octanol–water partition coefficient (Wildman–Crippen LogP) is 0.609. The third-order valence-electron chi connectivity index (χ3n) is 0.478. The molecule has 1 heterocycles. The van der Waals surface area contributed by atoms with Crippen LogP contribution in [0.15, 0.2) is 24.8 Å². The summed E-state index contributed by atoms with van der Waals surface area (Å²) in [5.74, 6) is 0. The molecule has 8 heavy (non-hydrogen) atoms. The van der Waals surface area contributed by atoms with E-state index in [4.69, 9.17) is 4.66 Å². The van der Waals surface area contributed by atoms with Gasteiger partial charge in [-0.1, -0.05) is 0 Å². The molecule has 3 nitrogen and oxygen atoms in total. The fourth-order valence-corrected chi connectivity index (χ4v) is 0.253. The first kappa shape index (κ1) is 7.33. The second-order valence-corrected chi connectivity index (χ2v) is 0.894. The summed E-state index contributed by atoms with van der Waals surface area (Å²) < 4.78 is 6.47. The van der Waals surface area contributed by atoms with E-state index in [-0.39, 0.29) is 0 Å². The summed E-state index contributed by atoms with van der Waals surface area (Å²) in [6, 6.07) is 0. The Morgan fingerprint density at radius 3 is 1.25 bits per heavy atom. The van der Waals surface area contributed by atoms with Crippen molar-refractivity contribution in [2.24, 2.45) is 0 Å². The third kappa shape index (κ3) is 3.52. The molecule has 4 heteroatoms. The minimum atomic E-state index is 1.64. The van der Waals surface area contributed by atoms with E-state index >= 15 is 0 Å². The Hall–Kier alpha value is -0.670. The van der Waals surface area contributed by atoms with Gasteiger partial charge in [0.05, 0.1) is 11.9 Å². The van der Waals surface area contributed by atoms with E-state index in [0.29, 0.717) is 0 Å². The molecule has 1 N–H and O–H groups in total. The number of hydrogen-bond donors (Lipinski definition) is 1. The van der Waals surface area contributed by atoms with Gasteiger partial charge in [0, 0.05) is 24.8 Å². The maximum Gasteiger partial charge on any atom is 0.0579 e. The lowest BCUT2D eigenvalue weighted by atomic mass is 10.8. The second kappa shape index (κ2) is 6.33. The minimum Gasteiger partial charge on any atom is -0.295 e. The molecule has 1 aromatic rings. The molecule has 0 saturated carbocycles. The number of nitrogens with zero attached hydrogens (tertiary/aromatic N) is 2. The van der Waals surface area contributed by atoms with E-state index in [9.17, 15) is 0 Å². The highest BCUT2D eigenvalue weighted by atomic mass is 35.5. The van der Waals surface area contributed by atoms with Crippen molar-refractivity contribution < 1.29 is 4.66 Å². The highest BCUT2D eigenvalue weighted by Gasteiger charge is 1.59. The number of hydrogen-bond acceptors (Lipinski definition) is 3. The average Bonchev–Trinajstić information content (AvgIpc) is 1.96. The van der Waals surface area contributed by atoms with Crippen molar-refractivity contribution in [1.29, 1.82) is 0 Å². The minimum absolute atomic E-state index is 1.64. The standard InChI is InChI=1S/C4H4N2.ClHO/c1-2-6-4-3-5-1;1-2/h1-4H;2H. The van der Waals surface area contributed by atoms with Crippen LogP contribution in [0.2, 0.25) is 0 Å².